The number of carbonyl (C=O) groups is 2. The number of rotatable bonds is 8. The summed E-state index contributed by atoms with van der Waals surface area (Å²) < 4.78 is 10.4. The van der Waals surface area contributed by atoms with Crippen molar-refractivity contribution in [3.63, 3.8) is 0 Å². The number of ether oxygens (including phenoxy) is 2. The van der Waals surface area contributed by atoms with Gasteiger partial charge in [-0.05, 0) is 25.7 Å². The predicted octanol–water partition coefficient (Wildman–Crippen LogP) is 1.28. The third-order valence-corrected chi connectivity index (χ3v) is 3.77. The summed E-state index contributed by atoms with van der Waals surface area (Å²) in [7, 11) is 1.60. The maximum absolute atomic E-state index is 12.5. The van der Waals surface area contributed by atoms with E-state index in [4.69, 9.17) is 14.6 Å². The van der Waals surface area contributed by atoms with Gasteiger partial charge in [0.15, 0.2) is 6.10 Å². The average molecular weight is 287 g/mol. The third-order valence-electron chi connectivity index (χ3n) is 3.77. The van der Waals surface area contributed by atoms with Crippen LogP contribution >= 0.6 is 0 Å². The molecule has 1 N–H and O–H groups in total. The molecule has 0 aromatic rings. The minimum absolute atomic E-state index is 0.112. The molecule has 0 bridgehead atoms. The molecular weight excluding hydrogens is 262 g/mol. The first-order valence-corrected chi connectivity index (χ1v) is 7.22. The van der Waals surface area contributed by atoms with Crippen molar-refractivity contribution >= 4 is 11.9 Å². The molecule has 0 unspecified atom stereocenters. The molecular formula is C14H25NO5. The number of methoxy groups -OCH3 is 1. The number of carbonyl (C=O) groups excluding carboxylic acids is 1. The Kier molecular flexibility index (Phi) is 6.95. The van der Waals surface area contributed by atoms with Crippen LogP contribution in [0.5, 0.6) is 0 Å². The molecule has 0 radical (unpaired) electrons. The highest BCUT2D eigenvalue weighted by Crippen LogP contribution is 2.23. The molecule has 1 rings (SSSR count). The van der Waals surface area contributed by atoms with E-state index in [9.17, 15) is 9.59 Å². The van der Waals surface area contributed by atoms with Crippen molar-refractivity contribution in [2.24, 2.45) is 0 Å². The standard InChI is InChI=1S/C14H25NO5/c1-4-10(5-2)15(8-9-19-3)13(16)11-6-7-12(20-11)14(17)18/h10-12H,4-9H2,1-3H3,(H,17,18)/t11-,12+/m0/s1. The Balaban J connectivity index is 2.70. The van der Waals surface area contributed by atoms with Gasteiger partial charge < -0.3 is 19.5 Å². The van der Waals surface area contributed by atoms with Gasteiger partial charge in [-0.3, -0.25) is 4.79 Å². The van der Waals surface area contributed by atoms with Crippen molar-refractivity contribution in [3.05, 3.63) is 0 Å². The van der Waals surface area contributed by atoms with Crippen LogP contribution < -0.4 is 0 Å². The van der Waals surface area contributed by atoms with Crippen LogP contribution in [0.4, 0.5) is 0 Å². The van der Waals surface area contributed by atoms with Crippen LogP contribution in [0.15, 0.2) is 0 Å². The maximum atomic E-state index is 12.5. The Bertz CT molecular complexity index is 330. The van der Waals surface area contributed by atoms with Gasteiger partial charge in [0.25, 0.3) is 5.91 Å². The zero-order chi connectivity index (χ0) is 15.1. The number of amides is 1. The lowest BCUT2D eigenvalue weighted by molar-refractivity contribution is -0.156. The van der Waals surface area contributed by atoms with E-state index in [2.05, 4.69) is 0 Å². The van der Waals surface area contributed by atoms with Crippen molar-refractivity contribution in [2.75, 3.05) is 20.3 Å². The van der Waals surface area contributed by atoms with Crippen molar-refractivity contribution < 1.29 is 24.2 Å². The summed E-state index contributed by atoms with van der Waals surface area (Å²) >= 11 is 0. The Hall–Kier alpha value is -1.14. The molecule has 6 nitrogen and oxygen atoms in total. The fraction of sp³-hybridized carbons (Fsp3) is 0.857. The Morgan fingerprint density at radius 3 is 2.35 bits per heavy atom. The summed E-state index contributed by atoms with van der Waals surface area (Å²) in [6, 6.07) is 0.144. The second-order valence-electron chi connectivity index (χ2n) is 5.02. The smallest absolute Gasteiger partial charge is 0.332 e. The fourth-order valence-electron chi connectivity index (χ4n) is 2.58. The molecule has 0 spiro atoms. The second kappa shape index (κ2) is 8.21. The number of hydrogen-bond acceptors (Lipinski definition) is 4. The molecule has 2 atom stereocenters. The lowest BCUT2D eigenvalue weighted by Crippen LogP contribution is -2.47. The normalized spacial score (nSPS) is 22.2. The van der Waals surface area contributed by atoms with E-state index in [1.165, 1.54) is 0 Å². The Morgan fingerprint density at radius 1 is 1.30 bits per heavy atom. The second-order valence-corrected chi connectivity index (χ2v) is 5.02. The lowest BCUT2D eigenvalue weighted by atomic mass is 10.1. The van der Waals surface area contributed by atoms with E-state index in [0.717, 1.165) is 12.8 Å². The average Bonchev–Trinajstić information content (AvgIpc) is 2.92. The molecule has 20 heavy (non-hydrogen) atoms. The molecule has 1 heterocycles. The minimum Gasteiger partial charge on any atom is -0.479 e. The summed E-state index contributed by atoms with van der Waals surface area (Å²) in [6.45, 7) is 5.06. The van der Waals surface area contributed by atoms with E-state index in [-0.39, 0.29) is 11.9 Å². The highest BCUT2D eigenvalue weighted by molar-refractivity contribution is 5.83. The van der Waals surface area contributed by atoms with Gasteiger partial charge in [0.1, 0.15) is 6.10 Å². The summed E-state index contributed by atoms with van der Waals surface area (Å²) in [5, 5.41) is 8.92. The summed E-state index contributed by atoms with van der Waals surface area (Å²) in [6.07, 6.45) is 1.11. The summed E-state index contributed by atoms with van der Waals surface area (Å²) in [4.78, 5) is 25.2. The largest absolute Gasteiger partial charge is 0.479 e. The Labute approximate surface area is 120 Å². The lowest BCUT2D eigenvalue weighted by Gasteiger charge is -2.32. The van der Waals surface area contributed by atoms with Crippen LogP contribution in [0.3, 0.4) is 0 Å². The van der Waals surface area contributed by atoms with Crippen molar-refractivity contribution in [3.8, 4) is 0 Å². The van der Waals surface area contributed by atoms with Gasteiger partial charge in [-0.25, -0.2) is 4.79 Å². The SMILES string of the molecule is CCC(CC)N(CCOC)C(=O)[C@@H]1CC[C@H](C(=O)O)O1. The molecule has 1 aliphatic rings. The van der Waals surface area contributed by atoms with Crippen molar-refractivity contribution in [2.45, 2.75) is 57.8 Å². The van der Waals surface area contributed by atoms with Crippen LogP contribution in [0.1, 0.15) is 39.5 Å². The zero-order valence-electron chi connectivity index (χ0n) is 12.5. The first kappa shape index (κ1) is 16.9. The molecule has 0 aromatic heterocycles. The van der Waals surface area contributed by atoms with Crippen molar-refractivity contribution in [1.82, 2.24) is 4.90 Å². The van der Waals surface area contributed by atoms with Crippen LogP contribution in [0.25, 0.3) is 0 Å². The predicted molar refractivity (Wildman–Crippen MR) is 73.5 cm³/mol. The highest BCUT2D eigenvalue weighted by Gasteiger charge is 2.37. The van der Waals surface area contributed by atoms with E-state index in [0.29, 0.717) is 26.0 Å². The van der Waals surface area contributed by atoms with E-state index >= 15 is 0 Å². The molecule has 1 aliphatic heterocycles. The van der Waals surface area contributed by atoms with Gasteiger partial charge in [0.05, 0.1) is 6.61 Å². The van der Waals surface area contributed by atoms with Crippen LogP contribution in [0.2, 0.25) is 0 Å². The molecule has 0 aromatic carbocycles. The molecule has 0 saturated carbocycles. The van der Waals surface area contributed by atoms with Gasteiger partial charge in [-0.2, -0.15) is 0 Å². The van der Waals surface area contributed by atoms with Crippen molar-refractivity contribution in [1.29, 1.82) is 0 Å². The molecule has 1 amide bonds. The van der Waals surface area contributed by atoms with Gasteiger partial charge >= 0.3 is 5.97 Å². The van der Waals surface area contributed by atoms with Gasteiger partial charge in [-0.1, -0.05) is 13.8 Å². The van der Waals surface area contributed by atoms with Gasteiger partial charge in [0, 0.05) is 19.7 Å². The van der Waals surface area contributed by atoms with Crippen LogP contribution in [-0.2, 0) is 19.1 Å². The minimum atomic E-state index is -0.994. The molecule has 116 valence electrons. The van der Waals surface area contributed by atoms with E-state index in [1.807, 2.05) is 13.8 Å². The molecule has 1 saturated heterocycles. The quantitative estimate of drug-likeness (QED) is 0.728. The number of aliphatic carboxylic acids is 1. The number of hydrogen-bond donors (Lipinski definition) is 1. The zero-order valence-corrected chi connectivity index (χ0v) is 12.5. The number of carboxylic acid groups (broad SMARTS) is 1. The summed E-state index contributed by atoms with van der Waals surface area (Å²) in [5.74, 6) is -1.11. The molecule has 6 heteroatoms. The first-order chi connectivity index (χ1) is 9.54. The van der Waals surface area contributed by atoms with E-state index in [1.54, 1.807) is 12.0 Å². The summed E-state index contributed by atoms with van der Waals surface area (Å²) in [5.41, 5.74) is 0. The maximum Gasteiger partial charge on any atom is 0.332 e. The number of nitrogens with zero attached hydrogens (tertiary/aromatic N) is 1. The Morgan fingerprint density at radius 2 is 1.90 bits per heavy atom. The number of carboxylic acids is 1. The van der Waals surface area contributed by atoms with Crippen LogP contribution in [0, 0.1) is 0 Å². The first-order valence-electron chi connectivity index (χ1n) is 7.22. The van der Waals surface area contributed by atoms with E-state index < -0.39 is 18.2 Å². The molecule has 0 aliphatic carbocycles. The third kappa shape index (κ3) is 4.18. The fourth-order valence-corrected chi connectivity index (χ4v) is 2.58. The van der Waals surface area contributed by atoms with Gasteiger partial charge in [0.2, 0.25) is 0 Å². The topological polar surface area (TPSA) is 76.1 Å². The van der Waals surface area contributed by atoms with Crippen LogP contribution in [-0.4, -0.2) is 60.4 Å². The molecule has 1 fully saturated rings. The highest BCUT2D eigenvalue weighted by atomic mass is 16.5. The monoisotopic (exact) mass is 287 g/mol. The van der Waals surface area contributed by atoms with Gasteiger partial charge in [-0.15, -0.1) is 0 Å².